The fraction of sp³-hybridized carbons (Fsp3) is 0.0833. The molecular weight excluding hydrogens is 593 g/mol. The zero-order chi connectivity index (χ0) is 32.9. The Morgan fingerprint density at radius 1 is 0.347 bits per heavy atom. The second-order valence-electron chi connectivity index (χ2n) is 13.0. The molecule has 1 heterocycles. The molecule has 1 aromatic heterocycles. The first-order valence-electron chi connectivity index (χ1n) is 17.4. The Labute approximate surface area is 287 Å². The molecule has 49 heavy (non-hydrogen) atoms. The van der Waals surface area contributed by atoms with E-state index in [-0.39, 0.29) is 0 Å². The van der Waals surface area contributed by atoms with E-state index in [1.807, 2.05) is 6.07 Å². The van der Waals surface area contributed by atoms with Crippen molar-refractivity contribution in [1.82, 2.24) is 0 Å². The molecule has 0 aliphatic rings. The molecule has 0 aliphatic carbocycles. The Morgan fingerprint density at radius 3 is 1.51 bits per heavy atom. The second kappa shape index (κ2) is 12.0. The molecule has 0 atom stereocenters. The van der Waals surface area contributed by atoms with Gasteiger partial charge in [-0.15, -0.1) is 0 Å². The summed E-state index contributed by atoms with van der Waals surface area (Å²) in [6, 6.07) is 57.9. The van der Waals surface area contributed by atoms with Crippen molar-refractivity contribution in [1.29, 1.82) is 0 Å². The van der Waals surface area contributed by atoms with Gasteiger partial charge in [0.25, 0.3) is 0 Å². The van der Waals surface area contributed by atoms with Crippen LogP contribution in [0.25, 0.3) is 88.0 Å². The number of hydrogen-bond acceptors (Lipinski definition) is 1. The van der Waals surface area contributed by atoms with Crippen LogP contribution in [0, 0.1) is 0 Å². The molecule has 0 radical (unpaired) electrons. The van der Waals surface area contributed by atoms with Crippen LogP contribution in [0.15, 0.2) is 162 Å². The summed E-state index contributed by atoms with van der Waals surface area (Å²) in [4.78, 5) is 0. The summed E-state index contributed by atoms with van der Waals surface area (Å²) < 4.78 is 6.25. The van der Waals surface area contributed by atoms with E-state index in [9.17, 15) is 0 Å². The lowest BCUT2D eigenvalue weighted by molar-refractivity contribution is 0.669. The van der Waals surface area contributed by atoms with Gasteiger partial charge >= 0.3 is 0 Å². The van der Waals surface area contributed by atoms with Crippen molar-refractivity contribution < 1.29 is 4.42 Å². The summed E-state index contributed by atoms with van der Waals surface area (Å²) >= 11 is 0. The van der Waals surface area contributed by atoms with Gasteiger partial charge in [0.1, 0.15) is 11.2 Å². The molecule has 9 rings (SSSR count). The average Bonchev–Trinajstić information content (AvgIpc) is 3.55. The number of hydrogen-bond donors (Lipinski definition) is 0. The van der Waals surface area contributed by atoms with Gasteiger partial charge in [-0.1, -0.05) is 153 Å². The van der Waals surface area contributed by atoms with Crippen LogP contribution in [0.5, 0.6) is 0 Å². The van der Waals surface area contributed by atoms with E-state index < -0.39 is 0 Å². The monoisotopic (exact) mass is 628 g/mol. The second-order valence-corrected chi connectivity index (χ2v) is 13.0. The molecule has 0 bridgehead atoms. The number of benzene rings is 8. The maximum atomic E-state index is 6.25. The quantitative estimate of drug-likeness (QED) is 0.167. The normalized spacial score (nSPS) is 11.6. The predicted molar refractivity (Wildman–Crippen MR) is 209 cm³/mol. The first-order valence-corrected chi connectivity index (χ1v) is 17.4. The molecule has 8 aromatic carbocycles. The van der Waals surface area contributed by atoms with Crippen molar-refractivity contribution in [3.05, 3.63) is 169 Å². The van der Waals surface area contributed by atoms with Crippen molar-refractivity contribution in [2.75, 3.05) is 0 Å². The zero-order valence-electron chi connectivity index (χ0n) is 27.8. The third kappa shape index (κ3) is 4.85. The van der Waals surface area contributed by atoms with Gasteiger partial charge in [-0.25, -0.2) is 0 Å². The molecule has 0 N–H and O–H groups in total. The third-order valence-corrected chi connectivity index (χ3v) is 10.2. The lowest BCUT2D eigenvalue weighted by Crippen LogP contribution is -1.96. The molecule has 234 valence electrons. The SMILES string of the molecule is CCc1cc(CC)cc(-c2c3ccccc3c(-c3c(-c4ccccc4)cccc3-c3ccc4oc5ccccc5c4c3)c3ccccc23)c1. The van der Waals surface area contributed by atoms with E-state index in [1.54, 1.807) is 0 Å². The van der Waals surface area contributed by atoms with Crippen molar-refractivity contribution in [3.63, 3.8) is 0 Å². The van der Waals surface area contributed by atoms with Crippen LogP contribution in [-0.2, 0) is 12.8 Å². The molecule has 0 amide bonds. The van der Waals surface area contributed by atoms with Crippen LogP contribution in [0.3, 0.4) is 0 Å². The maximum Gasteiger partial charge on any atom is 0.135 e. The van der Waals surface area contributed by atoms with Crippen LogP contribution in [0.1, 0.15) is 25.0 Å². The smallest absolute Gasteiger partial charge is 0.135 e. The highest BCUT2D eigenvalue weighted by molar-refractivity contribution is 6.24. The Kier molecular flexibility index (Phi) is 7.13. The van der Waals surface area contributed by atoms with E-state index in [4.69, 9.17) is 4.42 Å². The summed E-state index contributed by atoms with van der Waals surface area (Å²) in [7, 11) is 0. The first kappa shape index (κ1) is 29.2. The number of para-hydroxylation sites is 1. The van der Waals surface area contributed by atoms with Crippen molar-refractivity contribution in [3.8, 4) is 44.5 Å². The fourth-order valence-corrected chi connectivity index (χ4v) is 7.84. The van der Waals surface area contributed by atoms with E-state index in [1.165, 1.54) is 77.2 Å². The van der Waals surface area contributed by atoms with Gasteiger partial charge in [-0.3, -0.25) is 0 Å². The third-order valence-electron chi connectivity index (χ3n) is 10.2. The minimum Gasteiger partial charge on any atom is -0.456 e. The fourth-order valence-electron chi connectivity index (χ4n) is 7.84. The van der Waals surface area contributed by atoms with Crippen LogP contribution in [0.4, 0.5) is 0 Å². The van der Waals surface area contributed by atoms with E-state index in [2.05, 4.69) is 166 Å². The van der Waals surface area contributed by atoms with E-state index in [0.717, 1.165) is 34.8 Å². The van der Waals surface area contributed by atoms with Gasteiger partial charge in [0.05, 0.1) is 0 Å². The molecule has 0 unspecified atom stereocenters. The minimum absolute atomic E-state index is 0.909. The number of furan rings is 1. The predicted octanol–water partition coefficient (Wildman–Crippen LogP) is 13.7. The van der Waals surface area contributed by atoms with Crippen molar-refractivity contribution >= 4 is 43.5 Å². The number of aryl methyl sites for hydroxylation is 2. The molecule has 0 saturated heterocycles. The molecule has 0 fully saturated rings. The Morgan fingerprint density at radius 2 is 0.878 bits per heavy atom. The molecule has 9 aromatic rings. The maximum absolute atomic E-state index is 6.25. The lowest BCUT2D eigenvalue weighted by atomic mass is 9.80. The van der Waals surface area contributed by atoms with Crippen LogP contribution >= 0.6 is 0 Å². The topological polar surface area (TPSA) is 13.1 Å². The molecule has 1 heteroatoms. The Bertz CT molecular complexity index is 2600. The summed E-state index contributed by atoms with van der Waals surface area (Å²) in [5.41, 5.74) is 14.5. The zero-order valence-corrected chi connectivity index (χ0v) is 27.8. The van der Waals surface area contributed by atoms with Crippen LogP contribution in [0.2, 0.25) is 0 Å². The van der Waals surface area contributed by atoms with Crippen molar-refractivity contribution in [2.24, 2.45) is 0 Å². The van der Waals surface area contributed by atoms with Crippen molar-refractivity contribution in [2.45, 2.75) is 26.7 Å². The molecule has 0 aliphatic heterocycles. The van der Waals surface area contributed by atoms with Gasteiger partial charge in [0, 0.05) is 10.8 Å². The summed E-state index contributed by atoms with van der Waals surface area (Å²) in [5, 5.41) is 7.34. The first-order chi connectivity index (χ1) is 24.2. The summed E-state index contributed by atoms with van der Waals surface area (Å²) in [6.07, 6.45) is 2.03. The minimum atomic E-state index is 0.909. The van der Waals surface area contributed by atoms with Gasteiger partial charge in [0.2, 0.25) is 0 Å². The molecular formula is C48H36O. The highest BCUT2D eigenvalue weighted by Crippen LogP contribution is 2.49. The van der Waals surface area contributed by atoms with Gasteiger partial charge in [-0.2, -0.15) is 0 Å². The molecule has 1 nitrogen and oxygen atoms in total. The summed E-state index contributed by atoms with van der Waals surface area (Å²) in [5.74, 6) is 0. The standard InChI is InChI=1S/C48H36O/c1-3-31-27-32(4-2)29-35(28-31)46-39-18-8-10-20-41(39)48(42-21-11-9-19-40(42)46)47-36(33-15-6-5-7-16-33)22-14-23-37(47)34-25-26-45-43(30-34)38-17-12-13-24-44(38)49-45/h5-30H,3-4H2,1-2H3. The summed E-state index contributed by atoms with van der Waals surface area (Å²) in [6.45, 7) is 4.51. The van der Waals surface area contributed by atoms with E-state index >= 15 is 0 Å². The Hall–Kier alpha value is -5.92. The largest absolute Gasteiger partial charge is 0.456 e. The highest BCUT2D eigenvalue weighted by atomic mass is 16.3. The number of fused-ring (bicyclic) bond motifs is 5. The lowest BCUT2D eigenvalue weighted by Gasteiger charge is -2.22. The number of rotatable bonds is 6. The van der Waals surface area contributed by atoms with E-state index in [0.29, 0.717) is 0 Å². The van der Waals surface area contributed by atoms with Crippen LogP contribution in [-0.4, -0.2) is 0 Å². The van der Waals surface area contributed by atoms with Gasteiger partial charge in [-0.05, 0) is 108 Å². The van der Waals surface area contributed by atoms with Gasteiger partial charge < -0.3 is 4.42 Å². The highest BCUT2D eigenvalue weighted by Gasteiger charge is 2.22. The van der Waals surface area contributed by atoms with Gasteiger partial charge in [0.15, 0.2) is 0 Å². The molecule has 0 saturated carbocycles. The average molecular weight is 629 g/mol. The molecule has 0 spiro atoms. The Balaban J connectivity index is 1.42. The van der Waals surface area contributed by atoms with Crippen LogP contribution < -0.4 is 0 Å².